The fourth-order valence-corrected chi connectivity index (χ4v) is 5.58. The van der Waals surface area contributed by atoms with Gasteiger partial charge < -0.3 is 14.6 Å². The number of aromatic amines is 1. The van der Waals surface area contributed by atoms with E-state index in [0.29, 0.717) is 10.1 Å². The van der Waals surface area contributed by atoms with Crippen LogP contribution < -0.4 is 19.7 Å². The van der Waals surface area contributed by atoms with Crippen LogP contribution in [0.25, 0.3) is 10.6 Å². The van der Waals surface area contributed by atoms with Crippen molar-refractivity contribution in [3.05, 3.63) is 79.2 Å². The number of H-pyrrole nitrogens is 1. The first kappa shape index (κ1) is 21.1. The Balaban J connectivity index is 1.92. The van der Waals surface area contributed by atoms with Crippen LogP contribution in [0.1, 0.15) is 22.8 Å². The third kappa shape index (κ3) is 3.96. The van der Waals surface area contributed by atoms with Crippen LogP contribution in [-0.2, 0) is 9.53 Å². The van der Waals surface area contributed by atoms with Gasteiger partial charge in [-0.15, -0.1) is 11.3 Å². The van der Waals surface area contributed by atoms with E-state index in [0.717, 1.165) is 32.5 Å². The number of aryl methyl sites for hydroxylation is 1. The van der Waals surface area contributed by atoms with Gasteiger partial charge in [-0.25, -0.2) is 4.79 Å². The summed E-state index contributed by atoms with van der Waals surface area (Å²) in [6.07, 6.45) is 0. The molecule has 31 heavy (non-hydrogen) atoms. The smallest absolute Gasteiger partial charge is 0.345 e. The number of fused-ring (bicyclic) bond motifs is 1. The predicted molar refractivity (Wildman–Crippen MR) is 124 cm³/mol. The standard InChI is InChI=1S/C23H20N2O4S2/c1-4-29-23(28)17(18(26)14-8-6-5-7-9-14)21-24-20(27)19(31-21)22-25(3)15-12-13(2)10-11-16(15)30-22/h5-12H,4H2,1-3H3,(H,24,27)/b21-17?,22-19-. The average Bonchev–Trinajstić information content (AvgIpc) is 3.28. The number of hydrogen-bond donors (Lipinski definition) is 1. The molecular formula is C23H20N2O4S2. The van der Waals surface area contributed by atoms with Crippen molar-refractivity contribution in [1.82, 2.24) is 4.98 Å². The molecule has 2 heterocycles. The molecule has 0 unspecified atom stereocenters. The molecule has 0 atom stereocenters. The van der Waals surface area contributed by atoms with Crippen molar-refractivity contribution in [3.63, 3.8) is 0 Å². The van der Waals surface area contributed by atoms with Crippen LogP contribution in [0.2, 0.25) is 0 Å². The Labute approximate surface area is 186 Å². The summed E-state index contributed by atoms with van der Waals surface area (Å²) >= 11 is 2.59. The van der Waals surface area contributed by atoms with Gasteiger partial charge in [0.25, 0.3) is 5.56 Å². The maximum atomic E-state index is 13.1. The van der Waals surface area contributed by atoms with Gasteiger partial charge in [-0.1, -0.05) is 48.2 Å². The quantitative estimate of drug-likeness (QED) is 0.373. The number of anilines is 1. The van der Waals surface area contributed by atoms with Gasteiger partial charge in [0.05, 0.1) is 12.3 Å². The van der Waals surface area contributed by atoms with Crippen LogP contribution in [0.4, 0.5) is 5.69 Å². The monoisotopic (exact) mass is 452 g/mol. The summed E-state index contributed by atoms with van der Waals surface area (Å²) in [6, 6.07) is 14.6. The number of hydrogen-bond acceptors (Lipinski definition) is 7. The predicted octanol–water partition coefficient (Wildman–Crippen LogP) is 2.65. The van der Waals surface area contributed by atoms with Gasteiger partial charge in [0, 0.05) is 17.5 Å². The van der Waals surface area contributed by atoms with Gasteiger partial charge in [0.2, 0.25) is 5.78 Å². The van der Waals surface area contributed by atoms with E-state index < -0.39 is 11.8 Å². The van der Waals surface area contributed by atoms with Gasteiger partial charge >= 0.3 is 5.97 Å². The minimum Gasteiger partial charge on any atom is -0.462 e. The van der Waals surface area contributed by atoms with E-state index in [4.69, 9.17) is 4.74 Å². The zero-order valence-corrected chi connectivity index (χ0v) is 18.9. The molecule has 3 aromatic rings. The van der Waals surface area contributed by atoms with Crippen molar-refractivity contribution in [1.29, 1.82) is 0 Å². The second-order valence-corrected chi connectivity index (χ2v) is 8.99. The Morgan fingerprint density at radius 2 is 1.87 bits per heavy atom. The van der Waals surface area contributed by atoms with Gasteiger partial charge in [0.15, 0.2) is 0 Å². The molecule has 0 saturated heterocycles. The summed E-state index contributed by atoms with van der Waals surface area (Å²) in [5.74, 6) is -1.24. The van der Waals surface area contributed by atoms with E-state index in [2.05, 4.69) is 11.1 Å². The minimum atomic E-state index is -0.753. The molecule has 0 amide bonds. The molecule has 0 radical (unpaired) electrons. The lowest BCUT2D eigenvalue weighted by Gasteiger charge is -2.12. The molecule has 0 aliphatic carbocycles. The summed E-state index contributed by atoms with van der Waals surface area (Å²) in [7, 11) is 1.90. The molecule has 158 valence electrons. The molecule has 1 N–H and O–H groups in total. The van der Waals surface area contributed by atoms with Crippen LogP contribution in [0, 0.1) is 6.92 Å². The van der Waals surface area contributed by atoms with E-state index in [1.54, 1.807) is 37.3 Å². The molecule has 2 aromatic carbocycles. The highest BCUT2D eigenvalue weighted by atomic mass is 32.2. The first-order valence-electron chi connectivity index (χ1n) is 9.67. The Morgan fingerprint density at radius 3 is 2.58 bits per heavy atom. The first-order chi connectivity index (χ1) is 14.9. The summed E-state index contributed by atoms with van der Waals surface area (Å²) in [5, 5.41) is 0.758. The fourth-order valence-electron chi connectivity index (χ4n) is 3.27. The van der Waals surface area contributed by atoms with E-state index in [1.807, 2.05) is 31.0 Å². The van der Waals surface area contributed by atoms with Crippen molar-refractivity contribution in [2.24, 2.45) is 0 Å². The number of ether oxygens (including phenoxy) is 1. The molecule has 4 rings (SSSR count). The number of nitrogens with zero attached hydrogens (tertiary/aromatic N) is 1. The number of rotatable bonds is 4. The summed E-state index contributed by atoms with van der Waals surface area (Å²) in [6.45, 7) is 3.81. The second-order valence-electron chi connectivity index (χ2n) is 6.94. The van der Waals surface area contributed by atoms with Crippen LogP contribution in [0.5, 0.6) is 0 Å². The highest BCUT2D eigenvalue weighted by Crippen LogP contribution is 2.45. The van der Waals surface area contributed by atoms with E-state index >= 15 is 0 Å². The Bertz CT molecular complexity index is 1360. The van der Waals surface area contributed by atoms with Crippen molar-refractivity contribution in [3.8, 4) is 0 Å². The molecule has 1 aliphatic heterocycles. The summed E-state index contributed by atoms with van der Waals surface area (Å²) in [5.41, 5.74) is 1.98. The van der Waals surface area contributed by atoms with E-state index in [-0.39, 0.29) is 22.4 Å². The SMILES string of the molecule is CCOC(=O)C(C(=O)c1ccccc1)=c1[nH]c(=O)/c(=C2/Sc3ccc(C)cc3N2C)s1. The van der Waals surface area contributed by atoms with Crippen LogP contribution >= 0.6 is 23.1 Å². The van der Waals surface area contributed by atoms with Gasteiger partial charge in [-0.2, -0.15) is 0 Å². The molecule has 0 fully saturated rings. The number of Topliss-reactive ketones (excluding diaryl/α,β-unsaturated/α-hetero) is 1. The molecular weight excluding hydrogens is 432 g/mol. The van der Waals surface area contributed by atoms with Crippen molar-refractivity contribution in [2.75, 3.05) is 18.6 Å². The Kier molecular flexibility index (Phi) is 5.84. The van der Waals surface area contributed by atoms with Gasteiger partial charge in [-0.3, -0.25) is 9.59 Å². The third-order valence-corrected chi connectivity index (χ3v) is 7.25. The number of thiazole rings is 1. The number of thioether (sulfide) groups is 1. The number of esters is 1. The van der Waals surface area contributed by atoms with E-state index in [9.17, 15) is 14.4 Å². The number of benzene rings is 2. The number of carbonyl (C=O) groups excluding carboxylic acids is 2. The van der Waals surface area contributed by atoms with Gasteiger partial charge in [-0.05, 0) is 31.5 Å². The maximum absolute atomic E-state index is 13.1. The van der Waals surface area contributed by atoms with E-state index in [1.165, 1.54) is 11.8 Å². The van der Waals surface area contributed by atoms with Crippen molar-refractivity contribution in [2.45, 2.75) is 18.7 Å². The normalized spacial score (nSPS) is 15.5. The Morgan fingerprint density at radius 1 is 1.13 bits per heavy atom. The van der Waals surface area contributed by atoms with Crippen LogP contribution in [0.3, 0.4) is 0 Å². The largest absolute Gasteiger partial charge is 0.462 e. The molecule has 1 aromatic heterocycles. The first-order valence-corrected chi connectivity index (χ1v) is 11.3. The lowest BCUT2D eigenvalue weighted by atomic mass is 10.0. The number of carbonyl (C=O) groups is 2. The fraction of sp³-hybridized carbons (Fsp3) is 0.174. The zero-order chi connectivity index (χ0) is 22.1. The summed E-state index contributed by atoms with van der Waals surface area (Å²) in [4.78, 5) is 44.3. The lowest BCUT2D eigenvalue weighted by Crippen LogP contribution is -2.27. The molecule has 0 spiro atoms. The highest BCUT2D eigenvalue weighted by Gasteiger charge is 2.26. The highest BCUT2D eigenvalue weighted by molar-refractivity contribution is 8.08. The topological polar surface area (TPSA) is 79.5 Å². The molecule has 0 bridgehead atoms. The molecule has 6 nitrogen and oxygen atoms in total. The average molecular weight is 453 g/mol. The van der Waals surface area contributed by atoms with Crippen molar-refractivity contribution < 1.29 is 14.3 Å². The minimum absolute atomic E-state index is 0.123. The van der Waals surface area contributed by atoms with Crippen LogP contribution in [0.15, 0.2) is 58.2 Å². The lowest BCUT2D eigenvalue weighted by molar-refractivity contribution is -0.136. The van der Waals surface area contributed by atoms with Crippen molar-refractivity contribution >= 4 is 51.1 Å². The third-order valence-electron chi connectivity index (χ3n) is 4.79. The van der Waals surface area contributed by atoms with Crippen LogP contribution in [-0.4, -0.2) is 30.4 Å². The molecule has 8 heteroatoms. The number of nitrogens with one attached hydrogen (secondary N) is 1. The summed E-state index contributed by atoms with van der Waals surface area (Å²) < 4.78 is 5.76. The molecule has 1 aliphatic rings. The zero-order valence-electron chi connectivity index (χ0n) is 17.2. The second kappa shape index (κ2) is 8.56. The number of ketones is 1. The number of aromatic nitrogens is 1. The van der Waals surface area contributed by atoms with Gasteiger partial charge in [0.1, 0.15) is 19.8 Å². The molecule has 0 saturated carbocycles. The maximum Gasteiger partial charge on any atom is 0.345 e. The Hall–Kier alpha value is -3.10.